The van der Waals surface area contributed by atoms with Gasteiger partial charge in [0.05, 0.1) is 0 Å². The number of carboxylic acids is 1. The predicted molar refractivity (Wildman–Crippen MR) is 76.7 cm³/mol. The second-order valence-corrected chi connectivity index (χ2v) is 7.62. The molecule has 7 nitrogen and oxygen atoms in total. The summed E-state index contributed by atoms with van der Waals surface area (Å²) in [6.45, 7) is 1.71. The molecule has 1 saturated heterocycles. The highest BCUT2D eigenvalue weighted by atomic mass is 32.2. The van der Waals surface area contributed by atoms with E-state index in [2.05, 4.69) is 0 Å². The van der Waals surface area contributed by atoms with Gasteiger partial charge in [0, 0.05) is 6.54 Å². The molecule has 1 unspecified atom stereocenters. The second kappa shape index (κ2) is 5.74. The van der Waals surface area contributed by atoms with Gasteiger partial charge in [0.2, 0.25) is 15.9 Å². The molecule has 2 rings (SSSR count). The number of sulfonamides is 1. The summed E-state index contributed by atoms with van der Waals surface area (Å²) in [7, 11) is -4.06. The fourth-order valence-corrected chi connectivity index (χ4v) is 5.75. The van der Waals surface area contributed by atoms with Gasteiger partial charge in [-0.3, -0.25) is 4.79 Å². The van der Waals surface area contributed by atoms with Gasteiger partial charge in [-0.05, 0) is 30.7 Å². The van der Waals surface area contributed by atoms with Crippen molar-refractivity contribution in [2.75, 3.05) is 6.54 Å². The van der Waals surface area contributed by atoms with Crippen LogP contribution >= 0.6 is 11.3 Å². The largest absolute Gasteiger partial charge is 0.477 e. The lowest BCUT2D eigenvalue weighted by Gasteiger charge is -2.32. The second-order valence-electron chi connectivity index (χ2n) is 4.91. The maximum Gasteiger partial charge on any atom is 0.347 e. The van der Waals surface area contributed by atoms with Gasteiger partial charge in [0.15, 0.2) is 0 Å². The van der Waals surface area contributed by atoms with Crippen LogP contribution in [0.4, 0.5) is 0 Å². The van der Waals surface area contributed by atoms with Crippen molar-refractivity contribution >= 4 is 33.2 Å². The van der Waals surface area contributed by atoms with Crippen LogP contribution in [0.25, 0.3) is 0 Å². The molecule has 0 bridgehead atoms. The Bertz CT molecular complexity index is 680. The number of piperidine rings is 1. The zero-order chi connectivity index (χ0) is 15.8. The molecule has 2 heterocycles. The van der Waals surface area contributed by atoms with Gasteiger partial charge in [-0.15, -0.1) is 11.3 Å². The highest BCUT2D eigenvalue weighted by molar-refractivity contribution is 7.89. The standard InChI is InChI=1S/C12H16N2O5S2/c1-7-6-20-9(12(16)17)10(7)21(18,19)14-5-3-2-4-8(14)11(13)15/h6,8H,2-5H2,1H3,(H2,13,15)(H,16,17). The molecule has 3 N–H and O–H groups in total. The third-order valence-corrected chi connectivity index (χ3v) is 6.77. The van der Waals surface area contributed by atoms with E-state index in [1.807, 2.05) is 0 Å². The average molecular weight is 332 g/mol. The average Bonchev–Trinajstić information content (AvgIpc) is 2.81. The number of hydrogen-bond acceptors (Lipinski definition) is 5. The molecule has 1 amide bonds. The number of primary amides is 1. The molecule has 1 aliphatic rings. The summed E-state index contributed by atoms with van der Waals surface area (Å²) in [4.78, 5) is 22.2. The van der Waals surface area contributed by atoms with Crippen molar-refractivity contribution < 1.29 is 23.1 Å². The summed E-state index contributed by atoms with van der Waals surface area (Å²) >= 11 is 0.863. The number of amides is 1. The first-order chi connectivity index (χ1) is 9.76. The van der Waals surface area contributed by atoms with E-state index < -0.39 is 27.9 Å². The quantitative estimate of drug-likeness (QED) is 0.845. The Kier molecular flexibility index (Phi) is 4.35. The maximum absolute atomic E-state index is 12.8. The Hall–Kier alpha value is -1.45. The molecule has 0 aliphatic carbocycles. The Morgan fingerprint density at radius 1 is 1.43 bits per heavy atom. The van der Waals surface area contributed by atoms with E-state index in [1.165, 1.54) is 5.38 Å². The number of carboxylic acid groups (broad SMARTS) is 1. The fourth-order valence-electron chi connectivity index (χ4n) is 2.50. The zero-order valence-electron chi connectivity index (χ0n) is 11.4. The van der Waals surface area contributed by atoms with Crippen molar-refractivity contribution in [2.45, 2.75) is 37.1 Å². The van der Waals surface area contributed by atoms with E-state index in [9.17, 15) is 18.0 Å². The number of carbonyl (C=O) groups is 2. The fraction of sp³-hybridized carbons (Fsp3) is 0.500. The Labute approximate surface area is 126 Å². The molecule has 1 fully saturated rings. The predicted octanol–water partition coefficient (Wildman–Crippen LogP) is 0.783. The SMILES string of the molecule is Cc1csc(C(=O)O)c1S(=O)(=O)N1CCCCC1C(N)=O. The Morgan fingerprint density at radius 2 is 2.10 bits per heavy atom. The van der Waals surface area contributed by atoms with Crippen LogP contribution in [-0.2, 0) is 14.8 Å². The third kappa shape index (κ3) is 2.81. The monoisotopic (exact) mass is 332 g/mol. The highest BCUT2D eigenvalue weighted by Gasteiger charge is 2.39. The molecule has 9 heteroatoms. The molecule has 1 aliphatic heterocycles. The van der Waals surface area contributed by atoms with Crippen LogP contribution in [0.15, 0.2) is 10.3 Å². The van der Waals surface area contributed by atoms with Gasteiger partial charge >= 0.3 is 5.97 Å². The molecule has 0 radical (unpaired) electrons. The topological polar surface area (TPSA) is 118 Å². The lowest BCUT2D eigenvalue weighted by Crippen LogP contribution is -2.50. The van der Waals surface area contributed by atoms with E-state index >= 15 is 0 Å². The highest BCUT2D eigenvalue weighted by Crippen LogP contribution is 2.32. The lowest BCUT2D eigenvalue weighted by atomic mass is 10.0. The molecule has 0 aromatic carbocycles. The van der Waals surface area contributed by atoms with Gasteiger partial charge in [-0.25, -0.2) is 13.2 Å². The maximum atomic E-state index is 12.8. The van der Waals surface area contributed by atoms with E-state index in [4.69, 9.17) is 10.8 Å². The van der Waals surface area contributed by atoms with Gasteiger partial charge < -0.3 is 10.8 Å². The van der Waals surface area contributed by atoms with Crippen molar-refractivity contribution in [2.24, 2.45) is 5.73 Å². The van der Waals surface area contributed by atoms with Gasteiger partial charge in [-0.1, -0.05) is 6.42 Å². The van der Waals surface area contributed by atoms with E-state index in [0.29, 0.717) is 24.8 Å². The number of nitrogens with zero attached hydrogens (tertiary/aromatic N) is 1. The Morgan fingerprint density at radius 3 is 2.67 bits per heavy atom. The van der Waals surface area contributed by atoms with Crippen molar-refractivity contribution in [1.29, 1.82) is 0 Å². The third-order valence-electron chi connectivity index (χ3n) is 3.46. The molecule has 1 atom stereocenters. The van der Waals surface area contributed by atoms with Crippen LogP contribution in [-0.4, -0.2) is 42.3 Å². The zero-order valence-corrected chi connectivity index (χ0v) is 13.0. The summed E-state index contributed by atoms with van der Waals surface area (Å²) < 4.78 is 26.6. The van der Waals surface area contributed by atoms with Crippen LogP contribution in [0.1, 0.15) is 34.5 Å². The minimum absolute atomic E-state index is 0.171. The summed E-state index contributed by atoms with van der Waals surface area (Å²) in [5, 5.41) is 10.6. The lowest BCUT2D eigenvalue weighted by molar-refractivity contribution is -0.122. The minimum atomic E-state index is -4.06. The van der Waals surface area contributed by atoms with Crippen LogP contribution in [0, 0.1) is 6.92 Å². The minimum Gasteiger partial charge on any atom is -0.477 e. The van der Waals surface area contributed by atoms with Crippen molar-refractivity contribution in [3.63, 3.8) is 0 Å². The van der Waals surface area contributed by atoms with Gasteiger partial charge in [0.25, 0.3) is 0 Å². The number of aryl methyl sites for hydroxylation is 1. The molecule has 1 aromatic heterocycles. The number of nitrogens with two attached hydrogens (primary N) is 1. The molecule has 116 valence electrons. The molecule has 0 spiro atoms. The number of hydrogen-bond donors (Lipinski definition) is 2. The summed E-state index contributed by atoms with van der Waals surface area (Å²) in [6.07, 6.45) is 1.70. The van der Waals surface area contributed by atoms with Crippen molar-refractivity contribution in [1.82, 2.24) is 4.31 Å². The first kappa shape index (κ1) is 15.9. The molecular formula is C12H16N2O5S2. The number of thiophene rings is 1. The number of aromatic carboxylic acids is 1. The molecular weight excluding hydrogens is 316 g/mol. The molecule has 0 saturated carbocycles. The van der Waals surface area contributed by atoms with Gasteiger partial charge in [-0.2, -0.15) is 4.31 Å². The van der Waals surface area contributed by atoms with Crippen LogP contribution < -0.4 is 5.73 Å². The first-order valence-corrected chi connectivity index (χ1v) is 8.71. The van der Waals surface area contributed by atoms with E-state index in [1.54, 1.807) is 6.92 Å². The van der Waals surface area contributed by atoms with Crippen molar-refractivity contribution in [3.05, 3.63) is 15.8 Å². The van der Waals surface area contributed by atoms with Crippen LogP contribution in [0.2, 0.25) is 0 Å². The number of rotatable bonds is 4. The Balaban J connectivity index is 2.53. The summed E-state index contributed by atoms with van der Waals surface area (Å²) in [6, 6.07) is -0.912. The van der Waals surface area contributed by atoms with E-state index in [0.717, 1.165) is 15.6 Å². The van der Waals surface area contributed by atoms with E-state index in [-0.39, 0.29) is 16.3 Å². The van der Waals surface area contributed by atoms with Gasteiger partial charge in [0.1, 0.15) is 15.8 Å². The first-order valence-electron chi connectivity index (χ1n) is 6.39. The smallest absolute Gasteiger partial charge is 0.347 e. The van der Waals surface area contributed by atoms with Crippen LogP contribution in [0.3, 0.4) is 0 Å². The number of carbonyl (C=O) groups excluding carboxylic acids is 1. The normalized spacial score (nSPS) is 20.3. The molecule has 21 heavy (non-hydrogen) atoms. The van der Waals surface area contributed by atoms with Crippen LogP contribution in [0.5, 0.6) is 0 Å². The molecule has 1 aromatic rings. The summed E-state index contributed by atoms with van der Waals surface area (Å²) in [5.41, 5.74) is 5.65. The summed E-state index contributed by atoms with van der Waals surface area (Å²) in [5.74, 6) is -2.00. The van der Waals surface area contributed by atoms with Crippen molar-refractivity contribution in [3.8, 4) is 0 Å².